The van der Waals surface area contributed by atoms with Crippen LogP contribution in [0.15, 0.2) is 17.9 Å². The van der Waals surface area contributed by atoms with Crippen LogP contribution in [0, 0.1) is 0 Å². The van der Waals surface area contributed by atoms with Gasteiger partial charge in [-0.25, -0.2) is 0 Å². The van der Waals surface area contributed by atoms with E-state index in [1.165, 1.54) is 0 Å². The van der Waals surface area contributed by atoms with E-state index in [9.17, 15) is 0 Å². The highest BCUT2D eigenvalue weighted by Gasteiger charge is 1.90. The lowest BCUT2D eigenvalue weighted by Crippen LogP contribution is -2.14. The van der Waals surface area contributed by atoms with Gasteiger partial charge in [0, 0.05) is 6.04 Å². The van der Waals surface area contributed by atoms with E-state index in [0.717, 1.165) is 5.57 Å². The summed E-state index contributed by atoms with van der Waals surface area (Å²) in [5.74, 6) is 0. The maximum atomic E-state index is 5.41. The van der Waals surface area contributed by atoms with Crippen molar-refractivity contribution in [3.8, 4) is 0 Å². The first-order chi connectivity index (χ1) is 3.18. The molecular weight excluding hydrogens is 86.1 g/mol. The molecule has 0 spiro atoms. The number of rotatable bonds is 1. The number of hydrogen-bond donors (Lipinski definition) is 1. The lowest BCUT2D eigenvalue weighted by molar-refractivity contribution is 0.864. The fourth-order valence-electron chi connectivity index (χ4n) is 0.161. The Morgan fingerprint density at radius 3 is 2.29 bits per heavy atom. The number of nitrogens with two attached hydrogens (primary N) is 1. The average molecular weight is 97.2 g/mol. The molecule has 0 saturated heterocycles. The van der Waals surface area contributed by atoms with Crippen molar-refractivity contribution in [2.45, 2.75) is 19.9 Å². The summed E-state index contributed by atoms with van der Waals surface area (Å²) in [4.78, 5) is 0. The Labute approximate surface area is 44.5 Å². The van der Waals surface area contributed by atoms with E-state index in [4.69, 9.17) is 5.73 Å². The van der Waals surface area contributed by atoms with Crippen LogP contribution in [-0.4, -0.2) is 6.04 Å². The normalized spacial score (nSPS) is 12.4. The second kappa shape index (κ2) is 2.62. The summed E-state index contributed by atoms with van der Waals surface area (Å²) < 4.78 is 0. The van der Waals surface area contributed by atoms with Crippen molar-refractivity contribution in [1.29, 1.82) is 0 Å². The van der Waals surface area contributed by atoms with Crippen LogP contribution in [0.1, 0.15) is 13.8 Å². The van der Waals surface area contributed by atoms with E-state index in [2.05, 4.69) is 12.3 Å². The molecule has 0 heterocycles. The van der Waals surface area contributed by atoms with Crippen LogP contribution in [0.2, 0.25) is 0 Å². The Balaban J connectivity index is 3.81. The molecule has 0 fully saturated rings. The minimum atomic E-state index is 0.109. The van der Waals surface area contributed by atoms with Gasteiger partial charge in [-0.2, -0.15) is 0 Å². The molecule has 40 valence electrons. The molecule has 1 heteroatoms. The zero-order chi connectivity index (χ0) is 5.86. The summed E-state index contributed by atoms with van der Waals surface area (Å²) in [6.45, 7) is 7.26. The van der Waals surface area contributed by atoms with Crippen molar-refractivity contribution >= 4 is 0 Å². The predicted molar refractivity (Wildman–Crippen MR) is 32.0 cm³/mol. The molecular formula is C6H11N. The highest BCUT2D eigenvalue weighted by atomic mass is 14.6. The number of hydrogen-bond acceptors (Lipinski definition) is 1. The van der Waals surface area contributed by atoms with Gasteiger partial charge in [-0.15, -0.1) is 5.73 Å². The summed E-state index contributed by atoms with van der Waals surface area (Å²) in [5, 5.41) is 0. The van der Waals surface area contributed by atoms with Gasteiger partial charge in [0.25, 0.3) is 0 Å². The monoisotopic (exact) mass is 97.1 g/mol. The molecule has 7 heavy (non-hydrogen) atoms. The quantitative estimate of drug-likeness (QED) is 0.486. The van der Waals surface area contributed by atoms with Crippen LogP contribution < -0.4 is 5.73 Å². The van der Waals surface area contributed by atoms with Gasteiger partial charge >= 0.3 is 0 Å². The largest absolute Gasteiger partial charge is 0.324 e. The third-order valence-corrected chi connectivity index (χ3v) is 0.962. The molecule has 0 aromatic heterocycles. The molecule has 0 aliphatic heterocycles. The molecule has 1 nitrogen and oxygen atoms in total. The van der Waals surface area contributed by atoms with Crippen LogP contribution >= 0.6 is 0 Å². The molecule has 1 unspecified atom stereocenters. The lowest BCUT2D eigenvalue weighted by atomic mass is 10.2. The second-order valence-corrected chi connectivity index (χ2v) is 1.65. The zero-order valence-corrected chi connectivity index (χ0v) is 4.86. The van der Waals surface area contributed by atoms with E-state index in [1.54, 1.807) is 0 Å². The molecule has 0 radical (unpaired) electrons. The molecule has 0 aromatic carbocycles. The fraction of sp³-hybridized carbons (Fsp3) is 0.500. The van der Waals surface area contributed by atoms with Crippen LogP contribution in [0.25, 0.3) is 0 Å². The molecule has 0 aromatic rings. The van der Waals surface area contributed by atoms with Gasteiger partial charge in [0.2, 0.25) is 0 Å². The van der Waals surface area contributed by atoms with Crippen molar-refractivity contribution in [2.75, 3.05) is 0 Å². The van der Waals surface area contributed by atoms with Gasteiger partial charge in [-0.1, -0.05) is 6.58 Å². The molecule has 0 aliphatic carbocycles. The standard InChI is InChI=1S/C6H11N/c1-4-5(2)6(3)7/h6H,1,7H2,2-3H3. The van der Waals surface area contributed by atoms with E-state index in [0.29, 0.717) is 0 Å². The first kappa shape index (κ1) is 6.48. The fourth-order valence-corrected chi connectivity index (χ4v) is 0.161. The van der Waals surface area contributed by atoms with Crippen molar-refractivity contribution in [3.05, 3.63) is 17.9 Å². The summed E-state index contributed by atoms with van der Waals surface area (Å²) in [6.07, 6.45) is 0. The third-order valence-electron chi connectivity index (χ3n) is 0.962. The minimum absolute atomic E-state index is 0.109. The van der Waals surface area contributed by atoms with Gasteiger partial charge in [-0.05, 0) is 19.4 Å². The smallest absolute Gasteiger partial charge is 0.0297 e. The average Bonchev–Trinajstić information content (AvgIpc) is 1.65. The van der Waals surface area contributed by atoms with Crippen molar-refractivity contribution in [3.63, 3.8) is 0 Å². The van der Waals surface area contributed by atoms with Gasteiger partial charge in [0.1, 0.15) is 0 Å². The van der Waals surface area contributed by atoms with Crippen molar-refractivity contribution in [1.82, 2.24) is 0 Å². The second-order valence-electron chi connectivity index (χ2n) is 1.65. The Morgan fingerprint density at radius 2 is 2.29 bits per heavy atom. The van der Waals surface area contributed by atoms with E-state index >= 15 is 0 Å². The topological polar surface area (TPSA) is 26.0 Å². The Kier molecular flexibility index (Phi) is 2.42. The van der Waals surface area contributed by atoms with Gasteiger partial charge in [0.05, 0.1) is 0 Å². The van der Waals surface area contributed by atoms with E-state index in [-0.39, 0.29) is 6.04 Å². The zero-order valence-electron chi connectivity index (χ0n) is 4.86. The van der Waals surface area contributed by atoms with Crippen LogP contribution in [0.3, 0.4) is 0 Å². The summed E-state index contributed by atoms with van der Waals surface area (Å²) >= 11 is 0. The maximum absolute atomic E-state index is 5.41. The summed E-state index contributed by atoms with van der Waals surface area (Å²) in [6, 6.07) is 0.109. The van der Waals surface area contributed by atoms with Crippen LogP contribution in [-0.2, 0) is 0 Å². The van der Waals surface area contributed by atoms with E-state index in [1.807, 2.05) is 13.8 Å². The van der Waals surface area contributed by atoms with Gasteiger partial charge in [0.15, 0.2) is 0 Å². The first-order valence-electron chi connectivity index (χ1n) is 2.30. The van der Waals surface area contributed by atoms with Crippen molar-refractivity contribution < 1.29 is 0 Å². The van der Waals surface area contributed by atoms with E-state index < -0.39 is 0 Å². The molecule has 0 aliphatic rings. The lowest BCUT2D eigenvalue weighted by Gasteiger charge is -1.98. The van der Waals surface area contributed by atoms with Crippen LogP contribution in [0.4, 0.5) is 0 Å². The molecule has 0 saturated carbocycles. The Morgan fingerprint density at radius 1 is 1.86 bits per heavy atom. The first-order valence-corrected chi connectivity index (χ1v) is 2.30. The molecule has 0 rings (SSSR count). The predicted octanol–water partition coefficient (Wildman–Crippen LogP) is 1.06. The highest BCUT2D eigenvalue weighted by molar-refractivity contribution is 5.01. The highest BCUT2D eigenvalue weighted by Crippen LogP contribution is 1.90. The Bertz CT molecular complexity index is 96.7. The van der Waals surface area contributed by atoms with Gasteiger partial charge in [-0.3, -0.25) is 0 Å². The van der Waals surface area contributed by atoms with Gasteiger partial charge < -0.3 is 5.73 Å². The molecule has 0 amide bonds. The molecule has 2 N–H and O–H groups in total. The van der Waals surface area contributed by atoms with Crippen LogP contribution in [0.5, 0.6) is 0 Å². The molecule has 1 atom stereocenters. The Hall–Kier alpha value is -0.520. The summed E-state index contributed by atoms with van der Waals surface area (Å²) in [5.41, 5.74) is 9.13. The molecule has 0 bridgehead atoms. The SMILES string of the molecule is C=C=C(C)C(C)N. The van der Waals surface area contributed by atoms with Crippen molar-refractivity contribution in [2.24, 2.45) is 5.73 Å². The summed E-state index contributed by atoms with van der Waals surface area (Å²) in [7, 11) is 0. The maximum Gasteiger partial charge on any atom is 0.0297 e. The minimum Gasteiger partial charge on any atom is -0.324 e. The third kappa shape index (κ3) is 2.21.